The molecule has 0 unspecified atom stereocenters. The summed E-state index contributed by atoms with van der Waals surface area (Å²) in [4.78, 5) is 9.01. The van der Waals surface area contributed by atoms with Crippen LogP contribution in [0.25, 0.3) is 11.0 Å². The van der Waals surface area contributed by atoms with Gasteiger partial charge in [-0.2, -0.15) is 20.2 Å². The second kappa shape index (κ2) is 6.23. The molecule has 0 atom stereocenters. The average molecular weight is 333 g/mol. The average Bonchev–Trinajstić information content (AvgIpc) is 3.23. The highest BCUT2D eigenvalue weighted by molar-refractivity contribution is 5.88. The highest BCUT2D eigenvalue weighted by Gasteiger charge is 2.11. The summed E-state index contributed by atoms with van der Waals surface area (Å²) in [5.41, 5.74) is 3.73. The predicted molar refractivity (Wildman–Crippen MR) is 96.5 cm³/mol. The molecule has 0 aliphatic rings. The first-order chi connectivity index (χ1) is 12.2. The summed E-state index contributed by atoms with van der Waals surface area (Å²) in [6.07, 6.45) is 1.69. The Morgan fingerprint density at radius 2 is 1.96 bits per heavy atom. The van der Waals surface area contributed by atoms with E-state index in [-0.39, 0.29) is 0 Å². The first-order valence-corrected chi connectivity index (χ1v) is 7.82. The summed E-state index contributed by atoms with van der Waals surface area (Å²) in [6.45, 7) is 6.44. The van der Waals surface area contributed by atoms with Gasteiger partial charge in [-0.05, 0) is 25.0 Å². The lowest BCUT2D eigenvalue weighted by molar-refractivity contribution is 1.04. The third kappa shape index (κ3) is 3.27. The van der Waals surface area contributed by atoms with Crippen LogP contribution in [0.4, 0.5) is 17.6 Å². The number of nitrogens with zero attached hydrogens (tertiary/aromatic N) is 4. The number of rotatable bonds is 5. The monoisotopic (exact) mass is 333 g/mol. The van der Waals surface area contributed by atoms with Gasteiger partial charge in [-0.1, -0.05) is 24.3 Å². The van der Waals surface area contributed by atoms with Gasteiger partial charge in [0.2, 0.25) is 5.95 Å². The van der Waals surface area contributed by atoms with Crippen molar-refractivity contribution < 1.29 is 0 Å². The number of hydrogen-bond acceptors (Lipinski definition) is 6. The molecular weight excluding hydrogens is 316 g/mol. The number of anilines is 3. The lowest BCUT2D eigenvalue weighted by Crippen LogP contribution is -2.06. The minimum Gasteiger partial charge on any atom is -0.350 e. The number of benzene rings is 1. The molecule has 4 rings (SSSR count). The summed E-state index contributed by atoms with van der Waals surface area (Å²) < 4.78 is 0. The van der Waals surface area contributed by atoms with E-state index in [0.717, 1.165) is 22.2 Å². The quantitative estimate of drug-likeness (QED) is 0.447. The van der Waals surface area contributed by atoms with Crippen LogP contribution in [0.2, 0.25) is 0 Å². The van der Waals surface area contributed by atoms with Crippen LogP contribution in [0.3, 0.4) is 0 Å². The van der Waals surface area contributed by atoms with Gasteiger partial charge in [0.15, 0.2) is 11.5 Å². The van der Waals surface area contributed by atoms with E-state index in [1.807, 2.05) is 37.3 Å². The maximum Gasteiger partial charge on any atom is 0.226 e. The highest BCUT2D eigenvalue weighted by atomic mass is 15.2. The third-order valence-electron chi connectivity index (χ3n) is 3.74. The summed E-state index contributed by atoms with van der Waals surface area (Å²) in [7, 11) is 0. The Balaban J connectivity index is 1.59. The number of aromatic nitrogens is 6. The minimum absolute atomic E-state index is 0.505. The topological polar surface area (TPSA) is 107 Å². The molecular formula is C17H17N8. The zero-order valence-electron chi connectivity index (χ0n) is 13.7. The second-order valence-corrected chi connectivity index (χ2v) is 5.76. The van der Waals surface area contributed by atoms with E-state index < -0.39 is 0 Å². The van der Waals surface area contributed by atoms with Gasteiger partial charge in [0.05, 0.1) is 11.6 Å². The molecule has 8 heteroatoms. The van der Waals surface area contributed by atoms with Gasteiger partial charge in [-0.15, -0.1) is 0 Å². The molecule has 1 aromatic carbocycles. The highest BCUT2D eigenvalue weighted by Crippen LogP contribution is 2.23. The van der Waals surface area contributed by atoms with Crippen LogP contribution in [-0.4, -0.2) is 30.4 Å². The Bertz CT molecular complexity index is 999. The van der Waals surface area contributed by atoms with E-state index in [9.17, 15) is 0 Å². The Labute approximate surface area is 144 Å². The molecule has 125 valence electrons. The zero-order valence-corrected chi connectivity index (χ0v) is 13.7. The SMILES string of the molecule is [CH2]c1ccc(CNc2nc(Nc3cc(C)[nH]n3)c3cn[nH]c3n2)cc1. The van der Waals surface area contributed by atoms with Crippen LogP contribution in [0.5, 0.6) is 0 Å². The van der Waals surface area contributed by atoms with E-state index in [4.69, 9.17) is 0 Å². The molecule has 0 fully saturated rings. The molecule has 0 bridgehead atoms. The molecule has 3 heterocycles. The van der Waals surface area contributed by atoms with Crippen LogP contribution >= 0.6 is 0 Å². The van der Waals surface area contributed by atoms with Gasteiger partial charge in [-0.3, -0.25) is 10.2 Å². The lowest BCUT2D eigenvalue weighted by Gasteiger charge is -2.08. The van der Waals surface area contributed by atoms with Gasteiger partial charge in [0.25, 0.3) is 0 Å². The maximum atomic E-state index is 4.55. The molecule has 0 spiro atoms. The summed E-state index contributed by atoms with van der Waals surface area (Å²) in [5, 5.41) is 21.2. The standard InChI is InChI=1S/C17H17N8/c1-10-3-5-12(6-4-10)8-18-17-21-15(13-9-19-25-16(13)22-17)20-14-7-11(2)23-24-14/h3-7,9H,1,8H2,2H3,(H4,18,19,20,21,22,23,24,25). The second-order valence-electron chi connectivity index (χ2n) is 5.76. The number of H-pyrrole nitrogens is 2. The maximum absolute atomic E-state index is 4.55. The minimum atomic E-state index is 0.505. The van der Waals surface area contributed by atoms with Gasteiger partial charge in [-0.25, -0.2) is 0 Å². The van der Waals surface area contributed by atoms with E-state index in [1.54, 1.807) is 6.20 Å². The normalized spacial score (nSPS) is 11.0. The zero-order chi connectivity index (χ0) is 17.2. The van der Waals surface area contributed by atoms with Crippen molar-refractivity contribution >= 4 is 28.6 Å². The fraction of sp³-hybridized carbons (Fsp3) is 0.118. The first-order valence-electron chi connectivity index (χ1n) is 7.82. The van der Waals surface area contributed by atoms with Crippen molar-refractivity contribution in [3.05, 3.63) is 60.3 Å². The van der Waals surface area contributed by atoms with Crippen LogP contribution in [0.15, 0.2) is 36.5 Å². The Hall–Kier alpha value is -3.42. The van der Waals surface area contributed by atoms with Crippen molar-refractivity contribution in [3.63, 3.8) is 0 Å². The number of nitrogens with one attached hydrogen (secondary N) is 4. The smallest absolute Gasteiger partial charge is 0.226 e. The lowest BCUT2D eigenvalue weighted by atomic mass is 10.1. The molecule has 3 aromatic heterocycles. The Kier molecular flexibility index (Phi) is 3.77. The molecule has 0 saturated heterocycles. The molecule has 4 aromatic rings. The number of aryl methyl sites for hydroxylation is 1. The molecule has 1 radical (unpaired) electrons. The van der Waals surface area contributed by atoms with Crippen LogP contribution < -0.4 is 10.6 Å². The summed E-state index contributed by atoms with van der Waals surface area (Å²) in [6, 6.07) is 9.90. The fourth-order valence-electron chi connectivity index (χ4n) is 2.45. The third-order valence-corrected chi connectivity index (χ3v) is 3.74. The summed E-state index contributed by atoms with van der Waals surface area (Å²) in [5.74, 6) is 1.83. The van der Waals surface area contributed by atoms with Gasteiger partial charge < -0.3 is 10.6 Å². The van der Waals surface area contributed by atoms with E-state index in [1.165, 1.54) is 0 Å². The number of hydrogen-bond donors (Lipinski definition) is 4. The molecule has 0 aliphatic heterocycles. The van der Waals surface area contributed by atoms with Crippen molar-refractivity contribution in [2.24, 2.45) is 0 Å². The van der Waals surface area contributed by atoms with E-state index in [0.29, 0.717) is 29.8 Å². The molecule has 0 aliphatic carbocycles. The largest absolute Gasteiger partial charge is 0.350 e. The van der Waals surface area contributed by atoms with Crippen molar-refractivity contribution in [2.75, 3.05) is 10.6 Å². The van der Waals surface area contributed by atoms with Crippen LogP contribution in [0, 0.1) is 13.8 Å². The molecule has 0 saturated carbocycles. The number of aromatic amines is 2. The van der Waals surface area contributed by atoms with Gasteiger partial charge in [0.1, 0.15) is 5.82 Å². The van der Waals surface area contributed by atoms with E-state index >= 15 is 0 Å². The van der Waals surface area contributed by atoms with Gasteiger partial charge >= 0.3 is 0 Å². The Morgan fingerprint density at radius 3 is 2.72 bits per heavy atom. The van der Waals surface area contributed by atoms with Crippen molar-refractivity contribution in [3.8, 4) is 0 Å². The summed E-state index contributed by atoms with van der Waals surface area (Å²) >= 11 is 0. The van der Waals surface area contributed by atoms with Crippen LogP contribution in [0.1, 0.15) is 16.8 Å². The molecule has 0 amide bonds. The Morgan fingerprint density at radius 1 is 1.12 bits per heavy atom. The molecule has 8 nitrogen and oxygen atoms in total. The molecule has 4 N–H and O–H groups in total. The van der Waals surface area contributed by atoms with Crippen molar-refractivity contribution in [1.82, 2.24) is 30.4 Å². The number of fused-ring (bicyclic) bond motifs is 1. The van der Waals surface area contributed by atoms with Crippen molar-refractivity contribution in [2.45, 2.75) is 13.5 Å². The predicted octanol–water partition coefficient (Wildman–Crippen LogP) is 2.92. The first kappa shape index (κ1) is 15.1. The van der Waals surface area contributed by atoms with Gasteiger partial charge in [0, 0.05) is 18.3 Å². The fourth-order valence-corrected chi connectivity index (χ4v) is 2.45. The van der Waals surface area contributed by atoms with Crippen molar-refractivity contribution in [1.29, 1.82) is 0 Å². The molecule has 25 heavy (non-hydrogen) atoms. The van der Waals surface area contributed by atoms with E-state index in [2.05, 4.69) is 47.9 Å². The van der Waals surface area contributed by atoms with Crippen LogP contribution in [-0.2, 0) is 6.54 Å².